The van der Waals surface area contributed by atoms with Crippen LogP contribution in [0.5, 0.6) is 0 Å². The molecule has 0 spiro atoms. The van der Waals surface area contributed by atoms with Crippen LogP contribution < -0.4 is 4.90 Å². The number of rotatable bonds is 5. The maximum Gasteiger partial charge on any atom is 0.0640 e. The van der Waals surface area contributed by atoms with E-state index in [0.717, 1.165) is 11.4 Å². The van der Waals surface area contributed by atoms with Crippen LogP contribution in [-0.2, 0) is 0 Å². The van der Waals surface area contributed by atoms with Crippen molar-refractivity contribution >= 4 is 80.9 Å². The molecule has 0 atom stereocenters. The average Bonchev–Trinajstić information content (AvgIpc) is 3.58. The van der Waals surface area contributed by atoms with Gasteiger partial charge < -0.3 is 4.90 Å². The van der Waals surface area contributed by atoms with Gasteiger partial charge in [-0.1, -0.05) is 152 Å². The Hall–Kier alpha value is -6.22. The minimum absolute atomic E-state index is 1.12. The summed E-state index contributed by atoms with van der Waals surface area (Å²) in [6.07, 6.45) is 0. The Morgan fingerprint density at radius 2 is 0.980 bits per heavy atom. The third kappa shape index (κ3) is 4.69. The normalized spacial score (nSPS) is 11.6. The summed E-state index contributed by atoms with van der Waals surface area (Å²) in [4.78, 5) is 2.45. The largest absolute Gasteiger partial charge is 0.308 e. The van der Waals surface area contributed by atoms with E-state index >= 15 is 0 Å². The van der Waals surface area contributed by atoms with Gasteiger partial charge in [0.25, 0.3) is 0 Å². The van der Waals surface area contributed by atoms with Crippen molar-refractivity contribution in [1.82, 2.24) is 0 Å². The van der Waals surface area contributed by atoms with E-state index in [4.69, 9.17) is 0 Å². The van der Waals surface area contributed by atoms with Crippen molar-refractivity contribution in [2.75, 3.05) is 4.90 Å². The molecule has 1 nitrogen and oxygen atoms in total. The third-order valence-electron chi connectivity index (χ3n) is 10.0. The lowest BCUT2D eigenvalue weighted by Gasteiger charge is -2.28. The highest BCUT2D eigenvalue weighted by Gasteiger charge is 2.21. The van der Waals surface area contributed by atoms with E-state index in [1.54, 1.807) is 0 Å². The zero-order valence-electron chi connectivity index (χ0n) is 27.3. The van der Waals surface area contributed by atoms with Gasteiger partial charge in [-0.15, -0.1) is 11.3 Å². The van der Waals surface area contributed by atoms with Crippen LogP contribution in [0.2, 0.25) is 0 Å². The molecule has 10 rings (SSSR count). The Bertz CT molecular complexity index is 2860. The Balaban J connectivity index is 1.15. The average molecular weight is 654 g/mol. The van der Waals surface area contributed by atoms with Gasteiger partial charge in [0.15, 0.2) is 0 Å². The minimum Gasteiger partial charge on any atom is -0.308 e. The lowest BCUT2D eigenvalue weighted by molar-refractivity contribution is 1.30. The molecule has 0 amide bonds. The molecule has 9 aromatic carbocycles. The van der Waals surface area contributed by atoms with Crippen molar-refractivity contribution in [3.05, 3.63) is 188 Å². The van der Waals surface area contributed by atoms with Gasteiger partial charge in [-0.2, -0.15) is 0 Å². The fourth-order valence-electron chi connectivity index (χ4n) is 7.65. The van der Waals surface area contributed by atoms with Gasteiger partial charge in [-0.25, -0.2) is 0 Å². The molecule has 0 aliphatic heterocycles. The monoisotopic (exact) mass is 653 g/mol. The van der Waals surface area contributed by atoms with Crippen LogP contribution in [0.15, 0.2) is 188 Å². The molecule has 2 heteroatoms. The fraction of sp³-hybridized carbons (Fsp3) is 0. The van der Waals surface area contributed by atoms with Crippen molar-refractivity contribution in [1.29, 1.82) is 0 Å². The molecule has 0 fully saturated rings. The summed E-state index contributed by atoms with van der Waals surface area (Å²) >= 11 is 1.87. The predicted octanol–water partition coefficient (Wildman–Crippen LogP) is 14.3. The number of anilines is 3. The maximum absolute atomic E-state index is 2.45. The first kappa shape index (κ1) is 28.8. The number of benzene rings is 9. The van der Waals surface area contributed by atoms with Gasteiger partial charge in [0, 0.05) is 26.7 Å². The molecule has 1 heterocycles. The minimum atomic E-state index is 1.12. The van der Waals surface area contributed by atoms with Gasteiger partial charge in [-0.3, -0.25) is 0 Å². The summed E-state index contributed by atoms with van der Waals surface area (Å²) in [5, 5.41) is 10.3. The highest BCUT2D eigenvalue weighted by atomic mass is 32.1. The molecule has 0 saturated heterocycles. The van der Waals surface area contributed by atoms with Gasteiger partial charge in [0.1, 0.15) is 0 Å². The molecular weight excluding hydrogens is 623 g/mol. The molecule has 0 aliphatic rings. The Morgan fingerprint density at radius 3 is 1.84 bits per heavy atom. The van der Waals surface area contributed by atoms with E-state index in [1.807, 2.05) is 11.3 Å². The molecular formula is C48H31NS. The smallest absolute Gasteiger partial charge is 0.0640 e. The first-order valence-corrected chi connectivity index (χ1v) is 17.9. The summed E-state index contributed by atoms with van der Waals surface area (Å²) in [5.41, 5.74) is 8.27. The van der Waals surface area contributed by atoms with Gasteiger partial charge in [0.05, 0.1) is 16.1 Å². The second-order valence-electron chi connectivity index (χ2n) is 12.9. The molecule has 234 valence electrons. The van der Waals surface area contributed by atoms with E-state index in [2.05, 4.69) is 193 Å². The van der Waals surface area contributed by atoms with Crippen LogP contribution in [-0.4, -0.2) is 0 Å². The number of nitrogens with zero attached hydrogens (tertiary/aromatic N) is 1. The van der Waals surface area contributed by atoms with Crippen molar-refractivity contribution < 1.29 is 0 Å². The summed E-state index contributed by atoms with van der Waals surface area (Å²) in [5.74, 6) is 0. The Kier molecular flexibility index (Phi) is 6.75. The summed E-state index contributed by atoms with van der Waals surface area (Å²) in [6.45, 7) is 0. The number of thiophene rings is 1. The molecule has 0 N–H and O–H groups in total. The van der Waals surface area contributed by atoms with Crippen molar-refractivity contribution in [3.63, 3.8) is 0 Å². The van der Waals surface area contributed by atoms with Crippen molar-refractivity contribution in [2.24, 2.45) is 0 Å². The first-order chi connectivity index (χ1) is 24.8. The van der Waals surface area contributed by atoms with Crippen molar-refractivity contribution in [3.8, 4) is 22.3 Å². The molecule has 1 aromatic heterocycles. The molecule has 0 radical (unpaired) electrons. The van der Waals surface area contributed by atoms with Gasteiger partial charge >= 0.3 is 0 Å². The van der Waals surface area contributed by atoms with E-state index in [-0.39, 0.29) is 0 Å². The third-order valence-corrected chi connectivity index (χ3v) is 11.2. The summed E-state index contributed by atoms with van der Waals surface area (Å²) in [6, 6.07) is 68.7. The molecule has 0 aliphatic carbocycles. The zero-order chi connectivity index (χ0) is 33.0. The number of fused-ring (bicyclic) bond motifs is 8. The van der Waals surface area contributed by atoms with E-state index in [0.29, 0.717) is 0 Å². The van der Waals surface area contributed by atoms with Crippen LogP contribution in [0, 0.1) is 0 Å². The highest BCUT2D eigenvalue weighted by Crippen LogP contribution is 2.47. The lowest BCUT2D eigenvalue weighted by atomic mass is 9.94. The second kappa shape index (κ2) is 11.7. The number of para-hydroxylation sites is 1. The lowest BCUT2D eigenvalue weighted by Crippen LogP contribution is -2.11. The predicted molar refractivity (Wildman–Crippen MR) is 217 cm³/mol. The highest BCUT2D eigenvalue weighted by molar-refractivity contribution is 7.26. The molecule has 0 bridgehead atoms. The Labute approximate surface area is 294 Å². The topological polar surface area (TPSA) is 3.24 Å². The standard InChI is InChI=1S/C48H31NS/c1-2-11-33(12-3-1)39-14-6-8-18-44(39)49(45-19-10-17-42-41-16-7-9-20-46(41)50-48(42)45)38-29-27-32(28-30-38)37-26-23-35-22-25-36-24-21-34-13-4-5-15-40(34)47(36)43(35)31-37/h1-31H. The molecule has 0 saturated carbocycles. The maximum atomic E-state index is 2.45. The second-order valence-corrected chi connectivity index (χ2v) is 14.0. The summed E-state index contributed by atoms with van der Waals surface area (Å²) in [7, 11) is 0. The van der Waals surface area contributed by atoms with Gasteiger partial charge in [0.2, 0.25) is 0 Å². The molecule has 50 heavy (non-hydrogen) atoms. The number of hydrogen-bond donors (Lipinski definition) is 0. The molecule has 10 aromatic rings. The fourth-order valence-corrected chi connectivity index (χ4v) is 8.86. The van der Waals surface area contributed by atoms with Crippen LogP contribution in [0.1, 0.15) is 0 Å². The zero-order valence-corrected chi connectivity index (χ0v) is 28.1. The Morgan fingerprint density at radius 1 is 0.360 bits per heavy atom. The van der Waals surface area contributed by atoms with E-state index < -0.39 is 0 Å². The van der Waals surface area contributed by atoms with Crippen LogP contribution >= 0.6 is 11.3 Å². The van der Waals surface area contributed by atoms with E-state index in [9.17, 15) is 0 Å². The first-order valence-electron chi connectivity index (χ1n) is 17.1. The molecule has 0 unspecified atom stereocenters. The van der Waals surface area contributed by atoms with Crippen molar-refractivity contribution in [2.45, 2.75) is 0 Å². The van der Waals surface area contributed by atoms with Crippen LogP contribution in [0.4, 0.5) is 17.1 Å². The SMILES string of the molecule is c1ccc(-c2ccccc2N(c2ccc(-c3ccc4ccc5ccc6ccccc6c5c4c3)cc2)c2cccc3c2sc2ccccc23)cc1. The van der Waals surface area contributed by atoms with Crippen LogP contribution in [0.3, 0.4) is 0 Å². The quantitative estimate of drug-likeness (QED) is 0.167. The van der Waals surface area contributed by atoms with E-state index in [1.165, 1.54) is 80.4 Å². The van der Waals surface area contributed by atoms with Gasteiger partial charge in [-0.05, 0) is 85.4 Å². The summed E-state index contributed by atoms with van der Waals surface area (Å²) < 4.78 is 2.59. The van der Waals surface area contributed by atoms with Crippen LogP contribution in [0.25, 0.3) is 74.7 Å². The number of hydrogen-bond acceptors (Lipinski definition) is 2.